The van der Waals surface area contributed by atoms with Gasteiger partial charge in [0, 0.05) is 36.4 Å². The maximum Gasteiger partial charge on any atom is 0.0446 e. The molecule has 2 saturated heterocycles. The zero-order valence-electron chi connectivity index (χ0n) is 18.5. The van der Waals surface area contributed by atoms with Gasteiger partial charge in [-0.1, -0.05) is 65.3 Å². The summed E-state index contributed by atoms with van der Waals surface area (Å²) in [6, 6.07) is 10.7. The monoisotopic (exact) mass is 402 g/mol. The molecule has 2 unspecified atom stereocenters. The van der Waals surface area contributed by atoms with E-state index < -0.39 is 0 Å². The summed E-state index contributed by atoms with van der Waals surface area (Å²) in [6.07, 6.45) is 9.04. The lowest BCUT2D eigenvalue weighted by molar-refractivity contribution is 0.228. The second kappa shape index (κ2) is 8.03. The lowest BCUT2D eigenvalue weighted by atomic mass is 9.65. The van der Waals surface area contributed by atoms with Crippen molar-refractivity contribution in [1.29, 1.82) is 0 Å². The van der Waals surface area contributed by atoms with Gasteiger partial charge in [-0.2, -0.15) is 0 Å². The molecule has 156 valence electrons. The van der Waals surface area contributed by atoms with Gasteiger partial charge in [-0.25, -0.2) is 0 Å². The van der Waals surface area contributed by atoms with Crippen LogP contribution in [0.5, 0.6) is 0 Å². The fourth-order valence-corrected chi connectivity index (χ4v) is 6.23. The van der Waals surface area contributed by atoms with Gasteiger partial charge in [0.2, 0.25) is 0 Å². The number of fused-ring (bicyclic) bond motifs is 2. The zero-order chi connectivity index (χ0) is 19.2. The summed E-state index contributed by atoms with van der Waals surface area (Å²) >= 11 is 0. The molecule has 0 saturated carbocycles. The van der Waals surface area contributed by atoms with Crippen LogP contribution in [0.3, 0.4) is 0 Å². The van der Waals surface area contributed by atoms with Crippen molar-refractivity contribution in [3.8, 4) is 0 Å². The van der Waals surface area contributed by atoms with E-state index in [1.807, 2.05) is 0 Å². The van der Waals surface area contributed by atoms with Crippen molar-refractivity contribution in [3.63, 3.8) is 0 Å². The number of nitrogens with zero attached hydrogens (tertiary/aromatic N) is 2. The van der Waals surface area contributed by atoms with Crippen LogP contribution in [0.15, 0.2) is 30.3 Å². The number of allylic oxidation sites excluding steroid dienone is 2. The third-order valence-electron chi connectivity index (χ3n) is 6.88. The lowest BCUT2D eigenvalue weighted by Crippen LogP contribution is -2.47. The molecular weight excluding hydrogens is 364 g/mol. The number of hydrogen-bond acceptors (Lipinski definition) is 2. The molecule has 0 radical (unpaired) electrons. The number of likely N-dealkylation sites (tertiary alicyclic amines) is 1. The van der Waals surface area contributed by atoms with Crippen molar-refractivity contribution >= 4 is 23.7 Å². The normalized spacial score (nSPS) is 28.2. The highest BCUT2D eigenvalue weighted by Crippen LogP contribution is 2.49. The first kappa shape index (κ1) is 21.7. The molecule has 0 N–H and O–H groups in total. The van der Waals surface area contributed by atoms with Crippen LogP contribution >= 0.6 is 12.4 Å². The van der Waals surface area contributed by atoms with Gasteiger partial charge in [-0.3, -0.25) is 4.90 Å². The second-order valence-corrected chi connectivity index (χ2v) is 10.7. The second-order valence-electron chi connectivity index (χ2n) is 10.7. The molecule has 2 fully saturated rings. The van der Waals surface area contributed by atoms with Gasteiger partial charge in [0.1, 0.15) is 0 Å². The summed E-state index contributed by atoms with van der Waals surface area (Å²) in [5.74, 6) is 0. The molecule has 3 aliphatic rings. The van der Waals surface area contributed by atoms with Crippen LogP contribution in [0.4, 0.5) is 5.69 Å². The Hall–Kier alpha value is -0.990. The Morgan fingerprint density at radius 3 is 2.43 bits per heavy atom. The molecule has 0 amide bonds. The van der Waals surface area contributed by atoms with E-state index in [0.29, 0.717) is 11.5 Å². The maximum atomic E-state index is 2.75. The Morgan fingerprint density at radius 1 is 1.04 bits per heavy atom. The standard InChI is InChI=1S/C25H38N2.ClH/c1-6-7-12-26-16-21-13-20(26)17-27(21)23-11-9-8-10-22(23)19-14-24(2,3)18-25(4,5)15-19;/h8-11,14,20-21H,6-7,12-13,15-18H2,1-5H3;1H. The highest BCUT2D eigenvalue weighted by molar-refractivity contribution is 5.85. The fraction of sp³-hybridized carbons (Fsp3) is 0.680. The number of halogens is 1. The largest absolute Gasteiger partial charge is 0.365 e. The van der Waals surface area contributed by atoms with Crippen LogP contribution in [-0.4, -0.2) is 36.6 Å². The highest BCUT2D eigenvalue weighted by atomic mass is 35.5. The average molecular weight is 403 g/mol. The van der Waals surface area contributed by atoms with Gasteiger partial charge < -0.3 is 4.90 Å². The maximum absolute atomic E-state index is 2.75. The number of piperazine rings is 1. The Balaban J connectivity index is 0.00000225. The third kappa shape index (κ3) is 4.28. The Labute approximate surface area is 178 Å². The molecule has 2 atom stereocenters. The van der Waals surface area contributed by atoms with Gasteiger partial charge in [-0.05, 0) is 54.7 Å². The molecule has 2 bridgehead atoms. The van der Waals surface area contributed by atoms with Crippen LogP contribution in [-0.2, 0) is 0 Å². The van der Waals surface area contributed by atoms with E-state index in [9.17, 15) is 0 Å². The molecule has 0 spiro atoms. The number of anilines is 1. The van der Waals surface area contributed by atoms with E-state index in [1.54, 1.807) is 5.57 Å². The highest BCUT2D eigenvalue weighted by Gasteiger charge is 2.43. The number of para-hydroxylation sites is 1. The Kier molecular flexibility index (Phi) is 6.23. The number of unbranched alkanes of at least 4 members (excludes halogenated alkanes) is 1. The summed E-state index contributed by atoms with van der Waals surface area (Å²) in [5.41, 5.74) is 5.20. The van der Waals surface area contributed by atoms with Crippen LogP contribution in [0.1, 0.15) is 72.3 Å². The fourth-order valence-electron chi connectivity index (χ4n) is 6.23. The molecule has 4 rings (SSSR count). The first-order valence-electron chi connectivity index (χ1n) is 11.1. The first-order valence-corrected chi connectivity index (χ1v) is 11.1. The topological polar surface area (TPSA) is 6.48 Å². The van der Waals surface area contributed by atoms with E-state index in [2.05, 4.69) is 74.8 Å². The van der Waals surface area contributed by atoms with E-state index in [4.69, 9.17) is 0 Å². The molecule has 3 heteroatoms. The van der Waals surface area contributed by atoms with Crippen molar-refractivity contribution in [1.82, 2.24) is 4.90 Å². The van der Waals surface area contributed by atoms with E-state index in [1.165, 1.54) is 63.0 Å². The number of rotatable bonds is 5. The molecule has 1 aromatic carbocycles. The van der Waals surface area contributed by atoms with Crippen molar-refractivity contribution < 1.29 is 0 Å². The van der Waals surface area contributed by atoms with Crippen molar-refractivity contribution in [2.45, 2.75) is 78.8 Å². The van der Waals surface area contributed by atoms with Crippen molar-refractivity contribution in [2.24, 2.45) is 10.8 Å². The third-order valence-corrected chi connectivity index (χ3v) is 6.88. The quantitative estimate of drug-likeness (QED) is 0.562. The average Bonchev–Trinajstić information content (AvgIpc) is 3.17. The zero-order valence-corrected chi connectivity index (χ0v) is 19.3. The first-order chi connectivity index (χ1) is 12.8. The van der Waals surface area contributed by atoms with Crippen LogP contribution in [0.2, 0.25) is 0 Å². The molecule has 28 heavy (non-hydrogen) atoms. The molecule has 1 aromatic rings. The van der Waals surface area contributed by atoms with Gasteiger partial charge in [0.25, 0.3) is 0 Å². The molecule has 1 aliphatic carbocycles. The van der Waals surface area contributed by atoms with Crippen molar-refractivity contribution in [2.75, 3.05) is 24.5 Å². The van der Waals surface area contributed by atoms with E-state index in [0.717, 1.165) is 6.04 Å². The number of hydrogen-bond donors (Lipinski definition) is 0. The summed E-state index contributed by atoms with van der Waals surface area (Å²) in [5, 5.41) is 0. The summed E-state index contributed by atoms with van der Waals surface area (Å²) in [7, 11) is 0. The van der Waals surface area contributed by atoms with Crippen LogP contribution < -0.4 is 4.90 Å². The molecule has 0 aromatic heterocycles. The predicted molar refractivity (Wildman–Crippen MR) is 124 cm³/mol. The summed E-state index contributed by atoms with van der Waals surface area (Å²) in [4.78, 5) is 5.48. The van der Waals surface area contributed by atoms with Gasteiger partial charge in [0.15, 0.2) is 0 Å². The molecule has 2 heterocycles. The van der Waals surface area contributed by atoms with E-state index >= 15 is 0 Å². The molecular formula is C25H39ClN2. The predicted octanol–water partition coefficient (Wildman–Crippen LogP) is 6.40. The van der Waals surface area contributed by atoms with Crippen LogP contribution in [0, 0.1) is 10.8 Å². The van der Waals surface area contributed by atoms with Crippen molar-refractivity contribution in [3.05, 3.63) is 35.9 Å². The minimum absolute atomic E-state index is 0. The molecule has 2 nitrogen and oxygen atoms in total. The smallest absolute Gasteiger partial charge is 0.0446 e. The van der Waals surface area contributed by atoms with Gasteiger partial charge in [-0.15, -0.1) is 12.4 Å². The van der Waals surface area contributed by atoms with Crippen LogP contribution in [0.25, 0.3) is 5.57 Å². The molecule has 2 aliphatic heterocycles. The lowest BCUT2D eigenvalue weighted by Gasteiger charge is -2.41. The Bertz CT molecular complexity index is 721. The Morgan fingerprint density at radius 2 is 1.79 bits per heavy atom. The summed E-state index contributed by atoms with van der Waals surface area (Å²) in [6.45, 7) is 15.8. The minimum Gasteiger partial charge on any atom is -0.365 e. The minimum atomic E-state index is 0. The number of benzene rings is 1. The SMILES string of the molecule is CCCCN1CC2CC1CN2c1ccccc1C1=CC(C)(C)CC(C)(C)C1.Cl. The van der Waals surface area contributed by atoms with Gasteiger partial charge in [0.05, 0.1) is 0 Å². The summed E-state index contributed by atoms with van der Waals surface area (Å²) < 4.78 is 0. The van der Waals surface area contributed by atoms with Gasteiger partial charge >= 0.3 is 0 Å². The van der Waals surface area contributed by atoms with E-state index in [-0.39, 0.29) is 17.8 Å².